The highest BCUT2D eigenvalue weighted by molar-refractivity contribution is 14.1. The first-order chi connectivity index (χ1) is 12.1. The SMILES string of the molecule is COc1ccc2cc(-c3c(I)c(OC)n4ncnc(N)c34)ccc2c1. The largest absolute Gasteiger partial charge is 0.497 e. The Hall–Kier alpha value is -2.55. The van der Waals surface area contributed by atoms with Crippen LogP contribution in [-0.4, -0.2) is 28.8 Å². The molecule has 0 saturated carbocycles. The van der Waals surface area contributed by atoms with Crippen LogP contribution < -0.4 is 15.2 Å². The fourth-order valence-corrected chi connectivity index (χ4v) is 4.02. The van der Waals surface area contributed by atoms with Gasteiger partial charge in [0.1, 0.15) is 17.6 Å². The number of nitrogens with two attached hydrogens (primary N) is 1. The summed E-state index contributed by atoms with van der Waals surface area (Å²) in [5.74, 6) is 1.90. The summed E-state index contributed by atoms with van der Waals surface area (Å²) in [5.41, 5.74) is 8.88. The molecule has 0 fully saturated rings. The Kier molecular flexibility index (Phi) is 3.87. The lowest BCUT2D eigenvalue weighted by Gasteiger charge is -2.06. The number of rotatable bonds is 3. The molecule has 126 valence electrons. The zero-order valence-electron chi connectivity index (χ0n) is 13.7. The first-order valence-electron chi connectivity index (χ1n) is 7.57. The van der Waals surface area contributed by atoms with Crippen LogP contribution in [0.5, 0.6) is 11.6 Å². The maximum absolute atomic E-state index is 6.13. The normalized spacial score (nSPS) is 11.2. The molecular formula is C18H15IN4O2. The Bertz CT molecular complexity index is 1110. The second-order valence-electron chi connectivity index (χ2n) is 5.53. The summed E-state index contributed by atoms with van der Waals surface area (Å²) < 4.78 is 13.5. The number of halogens is 1. The van der Waals surface area contributed by atoms with Crippen molar-refractivity contribution in [3.05, 3.63) is 46.3 Å². The molecule has 0 spiro atoms. The molecule has 4 aromatic rings. The van der Waals surface area contributed by atoms with E-state index in [0.29, 0.717) is 11.7 Å². The molecule has 7 heteroatoms. The van der Waals surface area contributed by atoms with Gasteiger partial charge in [0, 0.05) is 5.56 Å². The van der Waals surface area contributed by atoms with E-state index in [9.17, 15) is 0 Å². The van der Waals surface area contributed by atoms with Gasteiger partial charge < -0.3 is 15.2 Å². The lowest BCUT2D eigenvalue weighted by Crippen LogP contribution is -2.00. The van der Waals surface area contributed by atoms with Crippen LogP contribution in [0.1, 0.15) is 0 Å². The first kappa shape index (κ1) is 15.9. The summed E-state index contributed by atoms with van der Waals surface area (Å²) in [7, 11) is 3.29. The Balaban J connectivity index is 2.01. The minimum absolute atomic E-state index is 0.418. The number of benzene rings is 2. The van der Waals surface area contributed by atoms with Crippen molar-refractivity contribution in [3.63, 3.8) is 0 Å². The van der Waals surface area contributed by atoms with E-state index in [2.05, 4.69) is 50.9 Å². The van der Waals surface area contributed by atoms with Gasteiger partial charge in [-0.1, -0.05) is 18.2 Å². The summed E-state index contributed by atoms with van der Waals surface area (Å²) in [6, 6.07) is 12.3. The maximum atomic E-state index is 6.13. The molecule has 0 aliphatic carbocycles. The highest BCUT2D eigenvalue weighted by Gasteiger charge is 2.22. The molecule has 0 aliphatic rings. The van der Waals surface area contributed by atoms with Gasteiger partial charge in [0.15, 0.2) is 5.82 Å². The van der Waals surface area contributed by atoms with Crippen LogP contribution in [0.4, 0.5) is 5.82 Å². The Labute approximate surface area is 157 Å². The van der Waals surface area contributed by atoms with E-state index in [1.165, 1.54) is 6.33 Å². The van der Waals surface area contributed by atoms with Gasteiger partial charge in [-0.05, 0) is 57.1 Å². The van der Waals surface area contributed by atoms with Crippen LogP contribution in [0.25, 0.3) is 27.4 Å². The molecule has 6 nitrogen and oxygen atoms in total. The molecule has 2 aromatic carbocycles. The number of nitrogen functional groups attached to an aromatic ring is 1. The van der Waals surface area contributed by atoms with Crippen LogP contribution in [0.3, 0.4) is 0 Å². The van der Waals surface area contributed by atoms with E-state index in [0.717, 1.165) is 36.7 Å². The van der Waals surface area contributed by atoms with Crippen LogP contribution >= 0.6 is 22.6 Å². The molecule has 2 heterocycles. The molecule has 0 saturated heterocycles. The quantitative estimate of drug-likeness (QED) is 0.486. The van der Waals surface area contributed by atoms with Crippen LogP contribution in [0.2, 0.25) is 0 Å². The number of hydrogen-bond acceptors (Lipinski definition) is 5. The van der Waals surface area contributed by atoms with Crippen LogP contribution in [0.15, 0.2) is 42.7 Å². The van der Waals surface area contributed by atoms with Gasteiger partial charge in [0.25, 0.3) is 0 Å². The van der Waals surface area contributed by atoms with Gasteiger partial charge in [0.2, 0.25) is 5.88 Å². The topological polar surface area (TPSA) is 74.7 Å². The Morgan fingerprint density at radius 3 is 2.56 bits per heavy atom. The van der Waals surface area contributed by atoms with E-state index < -0.39 is 0 Å². The number of methoxy groups -OCH3 is 2. The van der Waals surface area contributed by atoms with E-state index >= 15 is 0 Å². The fraction of sp³-hybridized carbons (Fsp3) is 0.111. The third-order valence-corrected chi connectivity index (χ3v) is 5.19. The van der Waals surface area contributed by atoms with Crippen molar-refractivity contribution in [3.8, 4) is 22.8 Å². The smallest absolute Gasteiger partial charge is 0.229 e. The fourth-order valence-electron chi connectivity index (χ4n) is 3.00. The lowest BCUT2D eigenvalue weighted by molar-refractivity contribution is 0.384. The summed E-state index contributed by atoms with van der Waals surface area (Å²) in [5, 5.41) is 6.51. The predicted octanol–water partition coefficient (Wildman–Crippen LogP) is 3.75. The van der Waals surface area contributed by atoms with Crippen molar-refractivity contribution < 1.29 is 9.47 Å². The lowest BCUT2D eigenvalue weighted by atomic mass is 10.0. The molecule has 0 amide bonds. The monoisotopic (exact) mass is 446 g/mol. The summed E-state index contributed by atoms with van der Waals surface area (Å²) in [6.45, 7) is 0. The van der Waals surface area contributed by atoms with Crippen molar-refractivity contribution in [2.24, 2.45) is 0 Å². The van der Waals surface area contributed by atoms with E-state index in [-0.39, 0.29) is 0 Å². The van der Waals surface area contributed by atoms with Gasteiger partial charge in [0.05, 0.1) is 17.8 Å². The summed E-state index contributed by atoms with van der Waals surface area (Å²) in [4.78, 5) is 4.14. The standard InChI is InChI=1S/C18H15IN4O2/c1-24-13-6-5-10-7-12(4-3-11(10)8-13)14-15(19)18(25-2)23-16(14)17(20)21-9-22-23/h3-9H,1-2H3,(H2,20,21,22). The molecule has 2 aromatic heterocycles. The highest BCUT2D eigenvalue weighted by Crippen LogP contribution is 2.40. The van der Waals surface area contributed by atoms with Gasteiger partial charge in [-0.2, -0.15) is 9.61 Å². The Morgan fingerprint density at radius 1 is 1.04 bits per heavy atom. The minimum atomic E-state index is 0.418. The molecule has 2 N–H and O–H groups in total. The highest BCUT2D eigenvalue weighted by atomic mass is 127. The van der Waals surface area contributed by atoms with Crippen LogP contribution in [0, 0.1) is 3.57 Å². The minimum Gasteiger partial charge on any atom is -0.497 e. The van der Waals surface area contributed by atoms with Crippen LogP contribution in [-0.2, 0) is 0 Å². The van der Waals surface area contributed by atoms with Gasteiger partial charge in [-0.15, -0.1) is 0 Å². The van der Waals surface area contributed by atoms with Crippen molar-refractivity contribution in [1.82, 2.24) is 14.6 Å². The summed E-state index contributed by atoms with van der Waals surface area (Å²) >= 11 is 2.26. The van der Waals surface area contributed by atoms with E-state index in [4.69, 9.17) is 15.2 Å². The molecule has 0 aliphatic heterocycles. The molecule has 25 heavy (non-hydrogen) atoms. The van der Waals surface area contributed by atoms with Gasteiger partial charge >= 0.3 is 0 Å². The van der Waals surface area contributed by atoms with Crippen molar-refractivity contribution >= 4 is 44.7 Å². The van der Waals surface area contributed by atoms with E-state index in [1.54, 1.807) is 18.7 Å². The number of ether oxygens (including phenoxy) is 2. The number of aromatic nitrogens is 3. The zero-order chi connectivity index (χ0) is 17.6. The van der Waals surface area contributed by atoms with Crippen molar-refractivity contribution in [1.29, 1.82) is 0 Å². The van der Waals surface area contributed by atoms with Gasteiger partial charge in [-0.3, -0.25) is 0 Å². The number of anilines is 1. The first-order valence-corrected chi connectivity index (χ1v) is 8.64. The average Bonchev–Trinajstić information content (AvgIpc) is 2.93. The zero-order valence-corrected chi connectivity index (χ0v) is 15.8. The second-order valence-corrected chi connectivity index (χ2v) is 6.61. The molecular weight excluding hydrogens is 431 g/mol. The molecule has 0 atom stereocenters. The maximum Gasteiger partial charge on any atom is 0.229 e. The number of hydrogen-bond donors (Lipinski definition) is 1. The van der Waals surface area contributed by atoms with E-state index in [1.807, 2.05) is 18.2 Å². The molecule has 0 unspecified atom stereocenters. The predicted molar refractivity (Wildman–Crippen MR) is 106 cm³/mol. The number of fused-ring (bicyclic) bond motifs is 2. The average molecular weight is 446 g/mol. The second kappa shape index (κ2) is 6.07. The molecule has 4 rings (SSSR count). The third kappa shape index (κ3) is 2.46. The van der Waals surface area contributed by atoms with Gasteiger partial charge in [-0.25, -0.2) is 4.98 Å². The molecule has 0 radical (unpaired) electrons. The van der Waals surface area contributed by atoms with Crippen molar-refractivity contribution in [2.75, 3.05) is 20.0 Å². The summed E-state index contributed by atoms with van der Waals surface area (Å²) in [6.07, 6.45) is 1.43. The Morgan fingerprint density at radius 2 is 1.80 bits per heavy atom. The van der Waals surface area contributed by atoms with Crippen molar-refractivity contribution in [2.45, 2.75) is 0 Å². The molecule has 0 bridgehead atoms. The number of nitrogens with zero attached hydrogens (tertiary/aromatic N) is 3. The third-order valence-electron chi connectivity index (χ3n) is 4.18.